The normalized spacial score (nSPS) is 11.3. The van der Waals surface area contributed by atoms with Gasteiger partial charge in [0.2, 0.25) is 5.82 Å². The Bertz CT molecular complexity index is 703. The van der Waals surface area contributed by atoms with Crippen molar-refractivity contribution in [2.75, 3.05) is 13.4 Å². The smallest absolute Gasteiger partial charge is 0.397 e. The molecule has 1 aromatic carbocycles. The van der Waals surface area contributed by atoms with Crippen molar-refractivity contribution >= 4 is 15.8 Å². The van der Waals surface area contributed by atoms with Crippen molar-refractivity contribution in [3.8, 4) is 11.4 Å². The number of ether oxygens (including phenoxy) is 1. The molecule has 2 rings (SSSR count). The van der Waals surface area contributed by atoms with Crippen molar-refractivity contribution in [1.82, 2.24) is 10.1 Å². The van der Waals surface area contributed by atoms with E-state index < -0.39 is 15.8 Å². The van der Waals surface area contributed by atoms with E-state index in [0.717, 1.165) is 6.26 Å². The van der Waals surface area contributed by atoms with Gasteiger partial charge < -0.3 is 9.26 Å². The third-order valence-electron chi connectivity index (χ3n) is 2.33. The standard InChI is InChI=1S/C11H10N2O5S/c1-17-11(14)10-12-9(13-18-10)7-3-5-8(6-4-7)19(2,15)16/h3-6H,1-2H3. The predicted molar refractivity (Wildman–Crippen MR) is 64.2 cm³/mol. The van der Waals surface area contributed by atoms with E-state index in [0.29, 0.717) is 5.56 Å². The predicted octanol–water partition coefficient (Wildman–Crippen LogP) is 0.927. The second kappa shape index (κ2) is 4.81. The molecule has 8 heteroatoms. The summed E-state index contributed by atoms with van der Waals surface area (Å²) in [4.78, 5) is 15.2. The van der Waals surface area contributed by atoms with E-state index in [1.165, 1.54) is 31.4 Å². The number of esters is 1. The van der Waals surface area contributed by atoms with Crippen molar-refractivity contribution < 1.29 is 22.5 Å². The molecule has 100 valence electrons. The number of benzene rings is 1. The molecule has 0 radical (unpaired) electrons. The van der Waals surface area contributed by atoms with Crippen LogP contribution in [-0.4, -0.2) is 37.9 Å². The first-order valence-corrected chi connectivity index (χ1v) is 7.03. The van der Waals surface area contributed by atoms with Gasteiger partial charge in [0.15, 0.2) is 9.84 Å². The van der Waals surface area contributed by atoms with Crippen molar-refractivity contribution in [2.45, 2.75) is 4.90 Å². The first-order valence-electron chi connectivity index (χ1n) is 5.14. The zero-order chi connectivity index (χ0) is 14.0. The fourth-order valence-corrected chi connectivity index (χ4v) is 1.99. The topological polar surface area (TPSA) is 99.4 Å². The van der Waals surface area contributed by atoms with Crippen LogP contribution in [0.15, 0.2) is 33.7 Å². The molecule has 0 aliphatic rings. The number of aromatic nitrogens is 2. The van der Waals surface area contributed by atoms with E-state index in [1.807, 2.05) is 0 Å². The van der Waals surface area contributed by atoms with Gasteiger partial charge in [0.05, 0.1) is 12.0 Å². The average Bonchev–Trinajstić information content (AvgIpc) is 2.86. The van der Waals surface area contributed by atoms with Gasteiger partial charge in [-0.3, -0.25) is 0 Å². The number of rotatable bonds is 3. The van der Waals surface area contributed by atoms with E-state index in [-0.39, 0.29) is 16.6 Å². The molecular formula is C11H10N2O5S. The van der Waals surface area contributed by atoms with Crippen LogP contribution in [0.25, 0.3) is 11.4 Å². The lowest BCUT2D eigenvalue weighted by molar-refractivity contribution is 0.0545. The molecule has 0 saturated heterocycles. The SMILES string of the molecule is COC(=O)c1nc(-c2ccc(S(C)(=O)=O)cc2)no1. The summed E-state index contributed by atoms with van der Waals surface area (Å²) in [7, 11) is -2.05. The van der Waals surface area contributed by atoms with E-state index >= 15 is 0 Å². The molecule has 0 bridgehead atoms. The Hall–Kier alpha value is -2.22. The lowest BCUT2D eigenvalue weighted by atomic mass is 10.2. The Labute approximate surface area is 109 Å². The highest BCUT2D eigenvalue weighted by Crippen LogP contribution is 2.18. The summed E-state index contributed by atoms with van der Waals surface area (Å²) in [5.41, 5.74) is 0.534. The minimum Gasteiger partial charge on any atom is -0.462 e. The summed E-state index contributed by atoms with van der Waals surface area (Å²) < 4.78 is 31.8. The van der Waals surface area contributed by atoms with Crippen LogP contribution >= 0.6 is 0 Å². The number of carbonyl (C=O) groups excluding carboxylic acids is 1. The number of methoxy groups -OCH3 is 1. The molecule has 0 fully saturated rings. The summed E-state index contributed by atoms with van der Waals surface area (Å²) in [6.45, 7) is 0. The maximum atomic E-state index is 11.3. The van der Waals surface area contributed by atoms with Crippen LogP contribution in [-0.2, 0) is 14.6 Å². The lowest BCUT2D eigenvalue weighted by Gasteiger charge is -1.98. The monoisotopic (exact) mass is 282 g/mol. The second-order valence-electron chi connectivity index (χ2n) is 3.71. The van der Waals surface area contributed by atoms with Gasteiger partial charge in [-0.15, -0.1) is 0 Å². The van der Waals surface area contributed by atoms with Gasteiger partial charge in [0, 0.05) is 11.8 Å². The molecule has 19 heavy (non-hydrogen) atoms. The van der Waals surface area contributed by atoms with Gasteiger partial charge in [-0.2, -0.15) is 4.98 Å². The van der Waals surface area contributed by atoms with Crippen molar-refractivity contribution in [1.29, 1.82) is 0 Å². The first kappa shape index (κ1) is 13.2. The Morgan fingerprint density at radius 1 is 1.26 bits per heavy atom. The maximum absolute atomic E-state index is 11.3. The minimum absolute atomic E-state index is 0.181. The van der Waals surface area contributed by atoms with Gasteiger partial charge >= 0.3 is 11.9 Å². The average molecular weight is 282 g/mol. The van der Waals surface area contributed by atoms with E-state index in [9.17, 15) is 13.2 Å². The zero-order valence-electron chi connectivity index (χ0n) is 10.2. The van der Waals surface area contributed by atoms with Crippen LogP contribution < -0.4 is 0 Å². The van der Waals surface area contributed by atoms with Crippen molar-refractivity contribution in [3.05, 3.63) is 30.2 Å². The lowest BCUT2D eigenvalue weighted by Crippen LogP contribution is -2.01. The first-order chi connectivity index (χ1) is 8.91. The minimum atomic E-state index is -3.25. The fraction of sp³-hybridized carbons (Fsp3) is 0.182. The van der Waals surface area contributed by atoms with E-state index in [2.05, 4.69) is 14.9 Å². The molecule has 0 amide bonds. The number of sulfone groups is 1. The van der Waals surface area contributed by atoms with Crippen LogP contribution in [0.4, 0.5) is 0 Å². The molecule has 7 nitrogen and oxygen atoms in total. The molecule has 0 spiro atoms. The largest absolute Gasteiger partial charge is 0.462 e. The van der Waals surface area contributed by atoms with Gasteiger partial charge in [-0.25, -0.2) is 13.2 Å². The molecule has 0 saturated carbocycles. The Morgan fingerprint density at radius 2 is 1.89 bits per heavy atom. The molecule has 0 aliphatic heterocycles. The molecular weight excluding hydrogens is 272 g/mol. The van der Waals surface area contributed by atoms with Crippen LogP contribution in [0.1, 0.15) is 10.7 Å². The highest BCUT2D eigenvalue weighted by Gasteiger charge is 2.16. The molecule has 1 heterocycles. The zero-order valence-corrected chi connectivity index (χ0v) is 11.0. The van der Waals surface area contributed by atoms with Crippen LogP contribution in [0.2, 0.25) is 0 Å². The van der Waals surface area contributed by atoms with Gasteiger partial charge in [0.1, 0.15) is 0 Å². The number of nitrogens with zero attached hydrogens (tertiary/aromatic N) is 2. The second-order valence-corrected chi connectivity index (χ2v) is 5.73. The van der Waals surface area contributed by atoms with Crippen LogP contribution in [0, 0.1) is 0 Å². The molecule has 2 aromatic rings. The van der Waals surface area contributed by atoms with Gasteiger partial charge in [0.25, 0.3) is 0 Å². The Balaban J connectivity index is 2.33. The molecule has 0 N–H and O–H groups in total. The summed E-state index contributed by atoms with van der Waals surface area (Å²) in [5.74, 6) is -0.809. The number of hydrogen-bond acceptors (Lipinski definition) is 7. The third-order valence-corrected chi connectivity index (χ3v) is 3.46. The molecule has 0 aliphatic carbocycles. The summed E-state index contributed by atoms with van der Waals surface area (Å²) in [6.07, 6.45) is 1.12. The summed E-state index contributed by atoms with van der Waals surface area (Å²) in [6, 6.07) is 5.92. The van der Waals surface area contributed by atoms with Gasteiger partial charge in [-0.05, 0) is 24.3 Å². The van der Waals surface area contributed by atoms with E-state index in [4.69, 9.17) is 4.52 Å². The fourth-order valence-electron chi connectivity index (χ4n) is 1.36. The van der Waals surface area contributed by atoms with Gasteiger partial charge in [-0.1, -0.05) is 5.16 Å². The Morgan fingerprint density at radius 3 is 2.42 bits per heavy atom. The summed E-state index contributed by atoms with van der Waals surface area (Å²) in [5, 5.41) is 3.61. The highest BCUT2D eigenvalue weighted by atomic mass is 32.2. The molecule has 1 aromatic heterocycles. The summed E-state index contributed by atoms with van der Waals surface area (Å²) >= 11 is 0. The maximum Gasteiger partial charge on any atom is 0.397 e. The Kier molecular flexibility index (Phi) is 3.34. The molecule has 0 atom stereocenters. The number of hydrogen-bond donors (Lipinski definition) is 0. The molecule has 0 unspecified atom stereocenters. The van der Waals surface area contributed by atoms with E-state index in [1.54, 1.807) is 0 Å². The van der Waals surface area contributed by atoms with Crippen LogP contribution in [0.3, 0.4) is 0 Å². The third kappa shape index (κ3) is 2.79. The van der Waals surface area contributed by atoms with Crippen LogP contribution in [0.5, 0.6) is 0 Å². The highest BCUT2D eigenvalue weighted by molar-refractivity contribution is 7.90. The quantitative estimate of drug-likeness (QED) is 0.772. The van der Waals surface area contributed by atoms with Crippen molar-refractivity contribution in [2.24, 2.45) is 0 Å². The number of carbonyl (C=O) groups is 1. The van der Waals surface area contributed by atoms with Crippen molar-refractivity contribution in [3.63, 3.8) is 0 Å².